The predicted octanol–water partition coefficient (Wildman–Crippen LogP) is 2.32. The van der Waals surface area contributed by atoms with Gasteiger partial charge >= 0.3 is 5.97 Å². The maximum absolute atomic E-state index is 12.6. The molecule has 1 aliphatic heterocycles. The number of benzene rings is 1. The third-order valence-electron chi connectivity index (χ3n) is 4.56. The lowest BCUT2D eigenvalue weighted by molar-refractivity contribution is -0.141. The molecular weight excluding hydrogens is 330 g/mol. The fourth-order valence-corrected chi connectivity index (χ4v) is 3.22. The monoisotopic (exact) mass is 347 g/mol. The fourth-order valence-electron chi connectivity index (χ4n) is 3.09. The average molecular weight is 348 g/mol. The molecule has 1 amide bonds. The second kappa shape index (κ2) is 6.28. The van der Waals surface area contributed by atoms with E-state index in [-0.39, 0.29) is 18.4 Å². The summed E-state index contributed by atoms with van der Waals surface area (Å²) in [5.74, 6) is -2.03. The third kappa shape index (κ3) is 3.01. The van der Waals surface area contributed by atoms with E-state index in [0.29, 0.717) is 17.3 Å². The number of carbonyl (C=O) groups excluding carboxylic acids is 1. The molecule has 2 aromatic rings. The summed E-state index contributed by atoms with van der Waals surface area (Å²) < 4.78 is 1.63. The van der Waals surface area contributed by atoms with Crippen molar-refractivity contribution in [2.24, 2.45) is 13.0 Å². The van der Waals surface area contributed by atoms with Gasteiger partial charge in [0.25, 0.3) is 5.91 Å². The third-order valence-corrected chi connectivity index (χ3v) is 4.81. The highest BCUT2D eigenvalue weighted by Gasteiger charge is 2.41. The Labute approximate surface area is 144 Å². The molecule has 3 rings (SSSR count). The number of amides is 1. The lowest BCUT2D eigenvalue weighted by Crippen LogP contribution is -2.30. The predicted molar refractivity (Wildman–Crippen MR) is 89.2 cm³/mol. The first kappa shape index (κ1) is 16.5. The van der Waals surface area contributed by atoms with Crippen LogP contribution in [0.15, 0.2) is 30.3 Å². The Morgan fingerprint density at radius 2 is 1.92 bits per heavy atom. The Bertz CT molecular complexity index is 765. The summed E-state index contributed by atoms with van der Waals surface area (Å²) in [5, 5.41) is 14.3. The van der Waals surface area contributed by atoms with E-state index in [9.17, 15) is 14.7 Å². The summed E-state index contributed by atoms with van der Waals surface area (Å²) in [5.41, 5.74) is 2.09. The number of likely N-dealkylation sites (tertiary alicyclic amines) is 1. The van der Waals surface area contributed by atoms with Crippen LogP contribution >= 0.6 is 11.6 Å². The summed E-state index contributed by atoms with van der Waals surface area (Å²) in [6.45, 7) is 2.40. The largest absolute Gasteiger partial charge is 0.481 e. The lowest BCUT2D eigenvalue weighted by atomic mass is 9.89. The molecule has 1 aliphatic rings. The molecule has 1 saturated heterocycles. The van der Waals surface area contributed by atoms with Crippen LogP contribution in [0.4, 0.5) is 0 Å². The number of carboxylic acid groups (broad SMARTS) is 1. The van der Waals surface area contributed by atoms with Crippen LogP contribution < -0.4 is 0 Å². The molecule has 1 N–H and O–H groups in total. The topological polar surface area (TPSA) is 75.4 Å². The van der Waals surface area contributed by atoms with Gasteiger partial charge in [-0.3, -0.25) is 14.3 Å². The summed E-state index contributed by atoms with van der Waals surface area (Å²) in [4.78, 5) is 25.8. The molecule has 2 atom stereocenters. The Morgan fingerprint density at radius 3 is 2.46 bits per heavy atom. The van der Waals surface area contributed by atoms with E-state index in [1.807, 2.05) is 19.1 Å². The van der Waals surface area contributed by atoms with E-state index >= 15 is 0 Å². The number of hydrogen-bond acceptors (Lipinski definition) is 3. The molecular formula is C17H18ClN3O3. The van der Waals surface area contributed by atoms with Gasteiger partial charge < -0.3 is 10.0 Å². The highest BCUT2D eigenvalue weighted by Crippen LogP contribution is 2.34. The minimum Gasteiger partial charge on any atom is -0.481 e. The van der Waals surface area contributed by atoms with Crippen molar-refractivity contribution in [3.05, 3.63) is 52.3 Å². The average Bonchev–Trinajstić information content (AvgIpc) is 3.12. The van der Waals surface area contributed by atoms with Crippen LogP contribution in [0.3, 0.4) is 0 Å². The summed E-state index contributed by atoms with van der Waals surface area (Å²) in [7, 11) is 1.77. The molecule has 1 aromatic carbocycles. The number of aryl methyl sites for hydroxylation is 2. The van der Waals surface area contributed by atoms with Gasteiger partial charge in [0.05, 0.1) is 5.92 Å². The van der Waals surface area contributed by atoms with E-state index in [2.05, 4.69) is 5.10 Å². The van der Waals surface area contributed by atoms with E-state index in [1.165, 1.54) is 0 Å². The number of hydrogen-bond donors (Lipinski definition) is 1. The summed E-state index contributed by atoms with van der Waals surface area (Å²) >= 11 is 5.90. The lowest BCUT2D eigenvalue weighted by Gasteiger charge is -2.15. The first-order valence-electron chi connectivity index (χ1n) is 7.65. The quantitative estimate of drug-likeness (QED) is 0.924. The molecule has 2 heterocycles. The van der Waals surface area contributed by atoms with Crippen molar-refractivity contribution in [2.75, 3.05) is 13.1 Å². The Hall–Kier alpha value is -2.34. The second-order valence-corrected chi connectivity index (χ2v) is 6.54. The number of carboxylic acids is 1. The van der Waals surface area contributed by atoms with Crippen LogP contribution in [0, 0.1) is 12.8 Å². The molecule has 0 bridgehead atoms. The van der Waals surface area contributed by atoms with Crippen LogP contribution in [-0.4, -0.2) is 44.8 Å². The normalized spacial score (nSPS) is 20.4. The molecule has 0 unspecified atom stereocenters. The number of aromatic nitrogens is 2. The molecule has 24 heavy (non-hydrogen) atoms. The zero-order chi connectivity index (χ0) is 17.4. The van der Waals surface area contributed by atoms with Crippen molar-refractivity contribution < 1.29 is 14.7 Å². The van der Waals surface area contributed by atoms with Gasteiger partial charge in [0.1, 0.15) is 0 Å². The van der Waals surface area contributed by atoms with Gasteiger partial charge in [0, 0.05) is 36.8 Å². The first-order chi connectivity index (χ1) is 11.4. The minimum atomic E-state index is -0.901. The molecule has 0 saturated carbocycles. The highest BCUT2D eigenvalue weighted by molar-refractivity contribution is 6.30. The maximum Gasteiger partial charge on any atom is 0.308 e. The van der Waals surface area contributed by atoms with Crippen molar-refractivity contribution in [2.45, 2.75) is 12.8 Å². The summed E-state index contributed by atoms with van der Waals surface area (Å²) in [6, 6.07) is 8.84. The van der Waals surface area contributed by atoms with Crippen LogP contribution in [0.2, 0.25) is 5.02 Å². The molecule has 0 spiro atoms. The number of rotatable bonds is 3. The standard InChI is InChI=1S/C17H18ClN3O3/c1-10-7-15(19-20(10)2)16(22)21-8-13(14(9-21)17(23)24)11-3-5-12(18)6-4-11/h3-7,13-14H,8-9H2,1-2H3,(H,23,24)/t13-,14+/m0/s1. The Morgan fingerprint density at radius 1 is 1.25 bits per heavy atom. The van der Waals surface area contributed by atoms with Crippen LogP contribution in [-0.2, 0) is 11.8 Å². The smallest absolute Gasteiger partial charge is 0.308 e. The van der Waals surface area contributed by atoms with E-state index in [1.54, 1.807) is 34.8 Å². The molecule has 7 heteroatoms. The van der Waals surface area contributed by atoms with Gasteiger partial charge in [-0.1, -0.05) is 23.7 Å². The van der Waals surface area contributed by atoms with Crippen LogP contribution in [0.25, 0.3) is 0 Å². The Kier molecular flexibility index (Phi) is 4.32. The summed E-state index contributed by atoms with van der Waals surface area (Å²) in [6.07, 6.45) is 0. The van der Waals surface area contributed by atoms with Gasteiger partial charge in [-0.2, -0.15) is 5.10 Å². The van der Waals surface area contributed by atoms with Crippen LogP contribution in [0.5, 0.6) is 0 Å². The van der Waals surface area contributed by atoms with Crippen molar-refractivity contribution in [1.82, 2.24) is 14.7 Å². The molecule has 1 fully saturated rings. The number of nitrogens with zero attached hydrogens (tertiary/aromatic N) is 3. The maximum atomic E-state index is 12.6. The van der Waals surface area contributed by atoms with E-state index in [0.717, 1.165) is 11.3 Å². The van der Waals surface area contributed by atoms with Gasteiger partial charge in [-0.15, -0.1) is 0 Å². The van der Waals surface area contributed by atoms with Crippen LogP contribution in [0.1, 0.15) is 27.7 Å². The molecule has 126 valence electrons. The van der Waals surface area contributed by atoms with Gasteiger partial charge in [-0.05, 0) is 30.7 Å². The second-order valence-electron chi connectivity index (χ2n) is 6.11. The zero-order valence-electron chi connectivity index (χ0n) is 13.4. The minimum absolute atomic E-state index is 0.178. The van der Waals surface area contributed by atoms with Crippen molar-refractivity contribution in [1.29, 1.82) is 0 Å². The number of aliphatic carboxylic acids is 1. The van der Waals surface area contributed by atoms with Gasteiger partial charge in [0.15, 0.2) is 5.69 Å². The number of carbonyl (C=O) groups is 2. The molecule has 0 radical (unpaired) electrons. The van der Waals surface area contributed by atoms with Crippen molar-refractivity contribution in [3.63, 3.8) is 0 Å². The van der Waals surface area contributed by atoms with E-state index in [4.69, 9.17) is 11.6 Å². The van der Waals surface area contributed by atoms with Crippen molar-refractivity contribution in [3.8, 4) is 0 Å². The molecule has 6 nitrogen and oxygen atoms in total. The number of halogens is 1. The fraction of sp³-hybridized carbons (Fsp3) is 0.353. The van der Waals surface area contributed by atoms with Gasteiger partial charge in [-0.25, -0.2) is 0 Å². The zero-order valence-corrected chi connectivity index (χ0v) is 14.2. The van der Waals surface area contributed by atoms with Crippen molar-refractivity contribution >= 4 is 23.5 Å². The van der Waals surface area contributed by atoms with E-state index < -0.39 is 11.9 Å². The molecule has 0 aliphatic carbocycles. The van der Waals surface area contributed by atoms with Gasteiger partial charge in [0.2, 0.25) is 0 Å². The molecule has 1 aromatic heterocycles. The Balaban J connectivity index is 1.85. The highest BCUT2D eigenvalue weighted by atomic mass is 35.5. The first-order valence-corrected chi connectivity index (χ1v) is 8.03. The SMILES string of the molecule is Cc1cc(C(=O)N2C[C@@H](C(=O)O)[C@H](c3ccc(Cl)cc3)C2)nn1C.